The summed E-state index contributed by atoms with van der Waals surface area (Å²) in [5.74, 6) is 2.28. The molecule has 1 aliphatic carbocycles. The van der Waals surface area contributed by atoms with Crippen molar-refractivity contribution < 1.29 is 4.74 Å². The summed E-state index contributed by atoms with van der Waals surface area (Å²) in [4.78, 5) is 0. The van der Waals surface area contributed by atoms with Crippen molar-refractivity contribution in [2.24, 2.45) is 11.8 Å². The van der Waals surface area contributed by atoms with Crippen molar-refractivity contribution in [1.29, 1.82) is 5.26 Å². The van der Waals surface area contributed by atoms with Crippen LogP contribution in [0.5, 0.6) is 5.75 Å². The third-order valence-corrected chi connectivity index (χ3v) is 4.76. The third kappa shape index (κ3) is 4.93. The van der Waals surface area contributed by atoms with E-state index < -0.39 is 0 Å². The van der Waals surface area contributed by atoms with Gasteiger partial charge in [-0.3, -0.25) is 0 Å². The number of hydrogen-bond donors (Lipinski definition) is 0. The van der Waals surface area contributed by atoms with E-state index in [4.69, 9.17) is 21.6 Å². The minimum Gasteiger partial charge on any atom is -0.492 e. The molecule has 0 heterocycles. The van der Waals surface area contributed by atoms with Crippen LogP contribution in [0, 0.1) is 23.2 Å². The van der Waals surface area contributed by atoms with Crippen LogP contribution in [-0.2, 0) is 0 Å². The largest absolute Gasteiger partial charge is 0.492 e. The van der Waals surface area contributed by atoms with Crippen molar-refractivity contribution in [3.8, 4) is 11.8 Å². The van der Waals surface area contributed by atoms with Crippen molar-refractivity contribution in [2.45, 2.75) is 51.9 Å². The maximum atomic E-state index is 8.82. The Morgan fingerprint density at radius 3 is 2.57 bits per heavy atom. The van der Waals surface area contributed by atoms with E-state index in [9.17, 15) is 0 Å². The molecule has 1 fully saturated rings. The SMILES string of the molecule is CCCC[C@H]1CC[C@H](COc2ccc(C#N)cc2Cl)CC1. The Hall–Kier alpha value is -1.20. The number of unbranched alkanes of at least 4 members (excludes halogenated alkanes) is 1. The fourth-order valence-corrected chi connectivity index (χ4v) is 3.31. The molecule has 0 amide bonds. The van der Waals surface area contributed by atoms with Crippen LogP contribution in [0.1, 0.15) is 57.4 Å². The summed E-state index contributed by atoms with van der Waals surface area (Å²) in [5.41, 5.74) is 0.573. The highest BCUT2D eigenvalue weighted by Crippen LogP contribution is 2.33. The second-order valence-corrected chi connectivity index (χ2v) is 6.50. The van der Waals surface area contributed by atoms with E-state index in [0.29, 0.717) is 22.3 Å². The van der Waals surface area contributed by atoms with Crippen LogP contribution in [-0.4, -0.2) is 6.61 Å². The lowest BCUT2D eigenvalue weighted by Crippen LogP contribution is -2.20. The molecule has 3 heteroatoms. The second kappa shape index (κ2) is 8.29. The number of nitriles is 1. The lowest BCUT2D eigenvalue weighted by Gasteiger charge is -2.28. The number of hydrogen-bond acceptors (Lipinski definition) is 2. The minimum atomic E-state index is 0.533. The zero-order valence-corrected chi connectivity index (χ0v) is 13.5. The first-order valence-electron chi connectivity index (χ1n) is 8.05. The Morgan fingerprint density at radius 1 is 1.24 bits per heavy atom. The third-order valence-electron chi connectivity index (χ3n) is 4.47. The average molecular weight is 306 g/mol. The van der Waals surface area contributed by atoms with Gasteiger partial charge in [0.2, 0.25) is 0 Å². The number of ether oxygens (including phenoxy) is 1. The van der Waals surface area contributed by atoms with E-state index in [0.717, 1.165) is 12.5 Å². The molecule has 0 aliphatic heterocycles. The maximum Gasteiger partial charge on any atom is 0.137 e. The molecular weight excluding hydrogens is 282 g/mol. The van der Waals surface area contributed by atoms with Crippen LogP contribution >= 0.6 is 11.6 Å². The highest BCUT2D eigenvalue weighted by Gasteiger charge is 2.21. The quantitative estimate of drug-likeness (QED) is 0.686. The van der Waals surface area contributed by atoms with Crippen LogP contribution in [0.25, 0.3) is 0 Å². The fraction of sp³-hybridized carbons (Fsp3) is 0.611. The summed E-state index contributed by atoms with van der Waals surface area (Å²) < 4.78 is 5.85. The Balaban J connectivity index is 1.76. The van der Waals surface area contributed by atoms with Crippen LogP contribution < -0.4 is 4.74 Å². The molecular formula is C18H24ClNO. The van der Waals surface area contributed by atoms with Crippen molar-refractivity contribution in [3.63, 3.8) is 0 Å². The minimum absolute atomic E-state index is 0.533. The van der Waals surface area contributed by atoms with Gasteiger partial charge in [-0.15, -0.1) is 0 Å². The maximum absolute atomic E-state index is 8.82. The number of halogens is 1. The van der Waals surface area contributed by atoms with Crippen molar-refractivity contribution in [3.05, 3.63) is 28.8 Å². The zero-order chi connectivity index (χ0) is 15.1. The van der Waals surface area contributed by atoms with Gasteiger partial charge < -0.3 is 4.74 Å². The molecule has 0 saturated heterocycles. The molecule has 1 aliphatic rings. The first-order chi connectivity index (χ1) is 10.2. The molecule has 2 nitrogen and oxygen atoms in total. The highest BCUT2D eigenvalue weighted by atomic mass is 35.5. The van der Waals surface area contributed by atoms with Gasteiger partial charge in [0, 0.05) is 0 Å². The van der Waals surface area contributed by atoms with Gasteiger partial charge in [0.05, 0.1) is 23.3 Å². The smallest absolute Gasteiger partial charge is 0.137 e. The van der Waals surface area contributed by atoms with Gasteiger partial charge in [-0.1, -0.05) is 50.6 Å². The predicted octanol–water partition coefficient (Wildman–Crippen LogP) is 5.59. The molecule has 0 radical (unpaired) electrons. The van der Waals surface area contributed by atoms with Crippen LogP contribution in [0.4, 0.5) is 0 Å². The molecule has 21 heavy (non-hydrogen) atoms. The highest BCUT2D eigenvalue weighted by molar-refractivity contribution is 6.32. The van der Waals surface area contributed by atoms with Crippen molar-refractivity contribution in [2.75, 3.05) is 6.61 Å². The van der Waals surface area contributed by atoms with Gasteiger partial charge in [0.1, 0.15) is 5.75 Å². The standard InChI is InChI=1S/C18H24ClNO/c1-2-3-4-14-5-7-15(8-6-14)13-21-18-10-9-16(12-20)11-17(18)19/h9-11,14-15H,2-8,13H2,1H3/t14-,15-. The van der Waals surface area contributed by atoms with Gasteiger partial charge in [-0.25, -0.2) is 0 Å². The predicted molar refractivity (Wildman–Crippen MR) is 86.6 cm³/mol. The molecule has 0 bridgehead atoms. The molecule has 0 N–H and O–H groups in total. The lowest BCUT2D eigenvalue weighted by molar-refractivity contribution is 0.178. The summed E-state index contributed by atoms with van der Waals surface area (Å²) >= 11 is 6.13. The molecule has 1 saturated carbocycles. The van der Waals surface area contributed by atoms with Crippen molar-refractivity contribution in [1.82, 2.24) is 0 Å². The Labute approximate surface area is 133 Å². The second-order valence-electron chi connectivity index (χ2n) is 6.10. The zero-order valence-electron chi connectivity index (χ0n) is 12.8. The van der Waals surface area contributed by atoms with Crippen LogP contribution in [0.2, 0.25) is 5.02 Å². The van der Waals surface area contributed by atoms with E-state index in [1.165, 1.54) is 44.9 Å². The van der Waals surface area contributed by atoms with E-state index in [1.807, 2.05) is 0 Å². The van der Waals surface area contributed by atoms with Crippen LogP contribution in [0.3, 0.4) is 0 Å². The number of nitrogens with zero attached hydrogens (tertiary/aromatic N) is 1. The summed E-state index contributed by atoms with van der Waals surface area (Å²) in [6.45, 7) is 3.01. The van der Waals surface area contributed by atoms with Gasteiger partial charge in [-0.2, -0.15) is 5.26 Å². The summed E-state index contributed by atoms with van der Waals surface area (Å²) in [6.07, 6.45) is 9.28. The Bertz CT molecular complexity index is 486. The van der Waals surface area contributed by atoms with Crippen LogP contribution in [0.15, 0.2) is 18.2 Å². The first-order valence-corrected chi connectivity index (χ1v) is 8.43. The Morgan fingerprint density at radius 2 is 1.95 bits per heavy atom. The van der Waals surface area contributed by atoms with Crippen molar-refractivity contribution >= 4 is 11.6 Å². The van der Waals surface area contributed by atoms with E-state index in [1.54, 1.807) is 18.2 Å². The number of rotatable bonds is 6. The van der Waals surface area contributed by atoms with Gasteiger partial charge in [0.25, 0.3) is 0 Å². The molecule has 114 valence electrons. The molecule has 0 atom stereocenters. The van der Waals surface area contributed by atoms with E-state index in [2.05, 4.69) is 13.0 Å². The van der Waals surface area contributed by atoms with Gasteiger partial charge in [-0.05, 0) is 42.9 Å². The summed E-state index contributed by atoms with van der Waals surface area (Å²) in [7, 11) is 0. The topological polar surface area (TPSA) is 33.0 Å². The normalized spacial score (nSPS) is 21.8. The fourth-order valence-electron chi connectivity index (χ4n) is 3.07. The monoisotopic (exact) mass is 305 g/mol. The Kier molecular flexibility index (Phi) is 6.39. The molecule has 0 aromatic heterocycles. The van der Waals surface area contributed by atoms with Gasteiger partial charge in [0.15, 0.2) is 0 Å². The molecule has 2 rings (SSSR count). The molecule has 1 aromatic rings. The summed E-state index contributed by atoms with van der Waals surface area (Å²) in [6, 6.07) is 7.30. The lowest BCUT2D eigenvalue weighted by atomic mass is 9.80. The molecule has 1 aromatic carbocycles. The molecule has 0 unspecified atom stereocenters. The van der Waals surface area contributed by atoms with E-state index >= 15 is 0 Å². The summed E-state index contributed by atoms with van der Waals surface area (Å²) in [5, 5.41) is 9.36. The average Bonchev–Trinajstić information content (AvgIpc) is 2.52. The first kappa shape index (κ1) is 16.2. The molecule has 0 spiro atoms. The van der Waals surface area contributed by atoms with E-state index in [-0.39, 0.29) is 0 Å². The van der Waals surface area contributed by atoms with Gasteiger partial charge >= 0.3 is 0 Å². The number of benzene rings is 1.